The molecule has 0 saturated heterocycles. The molecule has 0 bridgehead atoms. The Labute approximate surface area is 194 Å². The summed E-state index contributed by atoms with van der Waals surface area (Å²) >= 11 is 0. The molecule has 1 aliphatic heterocycles. The first kappa shape index (κ1) is 19.7. The van der Waals surface area contributed by atoms with Crippen LogP contribution in [0, 0.1) is 0 Å². The van der Waals surface area contributed by atoms with Gasteiger partial charge in [0.2, 0.25) is 0 Å². The Morgan fingerprint density at radius 1 is 0.727 bits per heavy atom. The molecule has 3 heteroatoms. The minimum atomic E-state index is 0.603. The lowest BCUT2D eigenvalue weighted by Gasteiger charge is -2.27. The molecule has 0 unspecified atom stereocenters. The fourth-order valence-electron chi connectivity index (χ4n) is 5.21. The van der Waals surface area contributed by atoms with Gasteiger partial charge in [-0.15, -0.1) is 0 Å². The average molecular weight is 431 g/mol. The van der Waals surface area contributed by atoms with Crippen molar-refractivity contribution in [3.8, 4) is 0 Å². The van der Waals surface area contributed by atoms with Crippen LogP contribution in [0.4, 0.5) is 17.1 Å². The van der Waals surface area contributed by atoms with Gasteiger partial charge in [0, 0.05) is 38.9 Å². The molecule has 0 spiro atoms. The molecular weight excluding hydrogens is 404 g/mol. The molecule has 2 heterocycles. The van der Waals surface area contributed by atoms with Gasteiger partial charge in [-0.2, -0.15) is 0 Å². The highest BCUT2D eigenvalue weighted by atomic mass is 16.5. The Hall–Kier alpha value is -3.98. The summed E-state index contributed by atoms with van der Waals surface area (Å²) in [6.45, 7) is 5.06. The number of rotatable bonds is 5. The van der Waals surface area contributed by atoms with Crippen molar-refractivity contribution in [2.75, 3.05) is 11.5 Å². The summed E-state index contributed by atoms with van der Waals surface area (Å²) in [5.41, 5.74) is 8.96. The molecular formula is C30H26N2O. The van der Waals surface area contributed by atoms with Gasteiger partial charge in [-0.25, -0.2) is 0 Å². The lowest BCUT2D eigenvalue weighted by Crippen LogP contribution is -2.11. The maximum absolute atomic E-state index is 5.45. The highest BCUT2D eigenvalue weighted by molar-refractivity contribution is 6.09. The number of nitrogens with zero attached hydrogens (tertiary/aromatic N) is 2. The molecule has 0 radical (unpaired) electrons. The summed E-state index contributed by atoms with van der Waals surface area (Å²) in [4.78, 5) is 2.43. The van der Waals surface area contributed by atoms with Gasteiger partial charge in [0.25, 0.3) is 0 Å². The summed E-state index contributed by atoms with van der Waals surface area (Å²) in [5.74, 6) is 0. The van der Waals surface area contributed by atoms with Gasteiger partial charge >= 0.3 is 0 Å². The van der Waals surface area contributed by atoms with Crippen molar-refractivity contribution in [3.63, 3.8) is 0 Å². The standard InChI is InChI=1S/C30H26N2O/c1-2-33-20-19-31-29-14-8-5-11-25(29)26-21-24(17-18-30(26)31)32-27-12-6-3-9-22(27)15-16-23-10-4-7-13-28(23)32/h2-14,17-18,21H,1,15-16,19-20H2. The van der Waals surface area contributed by atoms with Crippen LogP contribution in [-0.4, -0.2) is 11.2 Å². The zero-order valence-corrected chi connectivity index (χ0v) is 18.6. The lowest BCUT2D eigenvalue weighted by molar-refractivity contribution is 0.239. The zero-order valence-electron chi connectivity index (χ0n) is 18.6. The van der Waals surface area contributed by atoms with Crippen LogP contribution >= 0.6 is 0 Å². The first-order valence-electron chi connectivity index (χ1n) is 11.5. The predicted octanol–water partition coefficient (Wildman–Crippen LogP) is 7.52. The van der Waals surface area contributed by atoms with Crippen LogP contribution in [0.5, 0.6) is 0 Å². The third kappa shape index (κ3) is 3.28. The van der Waals surface area contributed by atoms with Crippen molar-refractivity contribution in [1.82, 2.24) is 4.57 Å². The van der Waals surface area contributed by atoms with Gasteiger partial charge in [0.05, 0.1) is 12.8 Å². The number of hydrogen-bond donors (Lipinski definition) is 0. The van der Waals surface area contributed by atoms with E-state index in [-0.39, 0.29) is 0 Å². The SMILES string of the molecule is C=COCCn1c2ccccc2c2cc(N3c4ccccc4CCc4ccccc43)ccc21. The molecule has 0 fully saturated rings. The Morgan fingerprint density at radius 2 is 1.36 bits per heavy atom. The van der Waals surface area contributed by atoms with E-state index >= 15 is 0 Å². The minimum Gasteiger partial charge on any atom is -0.500 e. The van der Waals surface area contributed by atoms with Crippen LogP contribution in [0.2, 0.25) is 0 Å². The van der Waals surface area contributed by atoms with E-state index in [0.717, 1.165) is 19.4 Å². The van der Waals surface area contributed by atoms with Gasteiger partial charge in [0.1, 0.15) is 6.61 Å². The van der Waals surface area contributed by atoms with Crippen molar-refractivity contribution in [2.45, 2.75) is 19.4 Å². The summed E-state index contributed by atoms with van der Waals surface area (Å²) < 4.78 is 7.80. The van der Waals surface area contributed by atoms with E-state index in [1.807, 2.05) is 0 Å². The quantitative estimate of drug-likeness (QED) is 0.212. The number of aromatic nitrogens is 1. The van der Waals surface area contributed by atoms with Gasteiger partial charge in [-0.1, -0.05) is 61.2 Å². The van der Waals surface area contributed by atoms with E-state index in [9.17, 15) is 0 Å². The maximum atomic E-state index is 5.45. The molecule has 0 atom stereocenters. The second-order valence-electron chi connectivity index (χ2n) is 8.50. The maximum Gasteiger partial charge on any atom is 0.105 e. The van der Waals surface area contributed by atoms with Gasteiger partial charge in [0.15, 0.2) is 0 Å². The number of para-hydroxylation sites is 3. The molecule has 0 saturated carbocycles. The van der Waals surface area contributed by atoms with Crippen LogP contribution < -0.4 is 4.90 Å². The molecule has 1 aromatic heterocycles. The molecule has 1 aliphatic rings. The highest BCUT2D eigenvalue weighted by Crippen LogP contribution is 2.43. The molecule has 5 aromatic rings. The van der Waals surface area contributed by atoms with Crippen LogP contribution in [0.1, 0.15) is 11.1 Å². The lowest BCUT2D eigenvalue weighted by atomic mass is 10.0. The van der Waals surface area contributed by atoms with Crippen molar-refractivity contribution in [3.05, 3.63) is 115 Å². The molecule has 6 rings (SSSR count). The fraction of sp³-hybridized carbons (Fsp3) is 0.133. The minimum absolute atomic E-state index is 0.603. The van der Waals surface area contributed by atoms with Crippen LogP contribution in [0.15, 0.2) is 104 Å². The Kier molecular flexibility index (Phi) is 4.88. The molecule has 4 aromatic carbocycles. The molecule has 0 aliphatic carbocycles. The monoisotopic (exact) mass is 430 g/mol. The topological polar surface area (TPSA) is 17.4 Å². The number of hydrogen-bond acceptors (Lipinski definition) is 2. The van der Waals surface area contributed by atoms with Crippen molar-refractivity contribution >= 4 is 38.9 Å². The number of ether oxygens (including phenoxy) is 1. The number of benzene rings is 4. The van der Waals surface area contributed by atoms with Gasteiger partial charge < -0.3 is 14.2 Å². The summed E-state index contributed by atoms with van der Waals surface area (Å²) in [6.07, 6.45) is 3.61. The molecule has 3 nitrogen and oxygen atoms in total. The molecule has 0 N–H and O–H groups in total. The van der Waals surface area contributed by atoms with E-state index in [1.54, 1.807) is 0 Å². The number of aryl methyl sites for hydroxylation is 2. The van der Waals surface area contributed by atoms with E-state index in [0.29, 0.717) is 6.61 Å². The first-order chi connectivity index (χ1) is 16.3. The normalized spacial score (nSPS) is 12.9. The van der Waals surface area contributed by atoms with Crippen LogP contribution in [0.3, 0.4) is 0 Å². The van der Waals surface area contributed by atoms with Crippen LogP contribution in [-0.2, 0) is 24.1 Å². The first-order valence-corrected chi connectivity index (χ1v) is 11.5. The molecule has 0 amide bonds. The van der Waals surface area contributed by atoms with Crippen molar-refractivity contribution < 1.29 is 4.74 Å². The Morgan fingerprint density at radius 3 is 2.09 bits per heavy atom. The largest absolute Gasteiger partial charge is 0.500 e. The Balaban J connectivity index is 1.57. The predicted molar refractivity (Wildman–Crippen MR) is 138 cm³/mol. The number of fused-ring (bicyclic) bond motifs is 5. The third-order valence-electron chi connectivity index (χ3n) is 6.69. The second kappa shape index (κ2) is 8.18. The fourth-order valence-corrected chi connectivity index (χ4v) is 5.21. The van der Waals surface area contributed by atoms with Crippen LogP contribution in [0.25, 0.3) is 21.8 Å². The van der Waals surface area contributed by atoms with E-state index < -0.39 is 0 Å². The zero-order chi connectivity index (χ0) is 22.2. The molecule has 162 valence electrons. The van der Waals surface area contributed by atoms with E-state index in [2.05, 4.69) is 107 Å². The number of anilines is 3. The Bertz CT molecular complexity index is 1430. The van der Waals surface area contributed by atoms with E-state index in [1.165, 1.54) is 56.3 Å². The van der Waals surface area contributed by atoms with E-state index in [4.69, 9.17) is 4.74 Å². The summed E-state index contributed by atoms with van der Waals surface area (Å²) in [7, 11) is 0. The smallest absolute Gasteiger partial charge is 0.105 e. The average Bonchev–Trinajstić information content (AvgIpc) is 3.07. The van der Waals surface area contributed by atoms with Crippen molar-refractivity contribution in [2.24, 2.45) is 0 Å². The second-order valence-corrected chi connectivity index (χ2v) is 8.50. The molecule has 33 heavy (non-hydrogen) atoms. The summed E-state index contributed by atoms with van der Waals surface area (Å²) in [6, 6.07) is 33.1. The van der Waals surface area contributed by atoms with Gasteiger partial charge in [-0.05, 0) is 60.4 Å². The third-order valence-corrected chi connectivity index (χ3v) is 6.69. The highest BCUT2D eigenvalue weighted by Gasteiger charge is 2.22. The van der Waals surface area contributed by atoms with Crippen molar-refractivity contribution in [1.29, 1.82) is 0 Å². The van der Waals surface area contributed by atoms with Gasteiger partial charge in [-0.3, -0.25) is 0 Å². The summed E-state index contributed by atoms with van der Waals surface area (Å²) in [5, 5.41) is 2.53.